The molecular formula is C19H16Cl2N6. The normalized spacial score (nSPS) is 11.7. The molecular weight excluding hydrogens is 383 g/mol. The summed E-state index contributed by atoms with van der Waals surface area (Å²) >= 11 is 12.3. The zero-order chi connectivity index (χ0) is 18.8. The quantitative estimate of drug-likeness (QED) is 0.373. The highest BCUT2D eigenvalue weighted by Gasteiger charge is 2.13. The fourth-order valence-corrected chi connectivity index (χ4v) is 3.48. The fraction of sp³-hybridized carbons (Fsp3) is 0.158. The topological polar surface area (TPSA) is 68.0 Å². The number of halogens is 2. The minimum absolute atomic E-state index is 0.307. The second-order valence-electron chi connectivity index (χ2n) is 5.98. The highest BCUT2D eigenvalue weighted by Crippen LogP contribution is 2.26. The predicted molar refractivity (Wildman–Crippen MR) is 111 cm³/mol. The Labute approximate surface area is 165 Å². The molecule has 2 heterocycles. The van der Waals surface area contributed by atoms with Gasteiger partial charge < -0.3 is 4.57 Å². The van der Waals surface area contributed by atoms with Gasteiger partial charge in [0.25, 0.3) is 5.95 Å². The highest BCUT2D eigenvalue weighted by molar-refractivity contribution is 6.38. The van der Waals surface area contributed by atoms with E-state index in [1.54, 1.807) is 24.4 Å². The van der Waals surface area contributed by atoms with Gasteiger partial charge in [-0.2, -0.15) is 10.1 Å². The summed E-state index contributed by atoms with van der Waals surface area (Å²) in [5, 5.41) is 14.7. The lowest BCUT2D eigenvalue weighted by molar-refractivity contribution is 0.716. The van der Waals surface area contributed by atoms with Crippen molar-refractivity contribution in [1.29, 1.82) is 0 Å². The average molecular weight is 399 g/mol. The van der Waals surface area contributed by atoms with Crippen LogP contribution in [-0.2, 0) is 6.54 Å². The molecule has 0 fully saturated rings. The van der Waals surface area contributed by atoms with Gasteiger partial charge in [-0.15, -0.1) is 10.2 Å². The van der Waals surface area contributed by atoms with Gasteiger partial charge in [-0.25, -0.2) is 5.43 Å². The number of hydrogen-bond acceptors (Lipinski definition) is 5. The van der Waals surface area contributed by atoms with Gasteiger partial charge in [0.15, 0.2) is 5.65 Å². The first-order valence-corrected chi connectivity index (χ1v) is 9.29. The third kappa shape index (κ3) is 3.34. The number of hydrogen-bond donors (Lipinski definition) is 1. The van der Waals surface area contributed by atoms with Crippen LogP contribution in [0.15, 0.2) is 47.6 Å². The maximum absolute atomic E-state index is 6.14. The summed E-state index contributed by atoms with van der Waals surface area (Å²) in [6.07, 6.45) is 2.53. The van der Waals surface area contributed by atoms with E-state index in [0.717, 1.165) is 35.0 Å². The molecule has 0 bridgehead atoms. The van der Waals surface area contributed by atoms with Crippen LogP contribution < -0.4 is 5.43 Å². The summed E-state index contributed by atoms with van der Waals surface area (Å²) in [5.41, 5.74) is 6.09. The monoisotopic (exact) mass is 398 g/mol. The molecule has 6 nitrogen and oxygen atoms in total. The predicted octanol–water partition coefficient (Wildman–Crippen LogP) is 5.14. The van der Waals surface area contributed by atoms with E-state index in [0.29, 0.717) is 21.6 Å². The number of aromatic nitrogens is 4. The maximum atomic E-state index is 6.14. The summed E-state index contributed by atoms with van der Waals surface area (Å²) in [7, 11) is 0. The van der Waals surface area contributed by atoms with Crippen LogP contribution in [0.4, 0.5) is 5.95 Å². The molecule has 0 aliphatic carbocycles. The van der Waals surface area contributed by atoms with Gasteiger partial charge in [-0.1, -0.05) is 54.4 Å². The Hall–Kier alpha value is -2.70. The molecule has 0 unspecified atom stereocenters. The van der Waals surface area contributed by atoms with Crippen LogP contribution in [0.1, 0.15) is 18.9 Å². The summed E-state index contributed by atoms with van der Waals surface area (Å²) in [6.45, 7) is 2.98. The molecule has 0 amide bonds. The Morgan fingerprint density at radius 1 is 1.07 bits per heavy atom. The van der Waals surface area contributed by atoms with Crippen LogP contribution >= 0.6 is 23.2 Å². The Kier molecular flexibility index (Phi) is 4.92. The van der Waals surface area contributed by atoms with Crippen molar-refractivity contribution in [3.8, 4) is 0 Å². The van der Waals surface area contributed by atoms with E-state index in [1.807, 2.05) is 18.2 Å². The van der Waals surface area contributed by atoms with Crippen LogP contribution in [-0.4, -0.2) is 26.0 Å². The van der Waals surface area contributed by atoms with Crippen molar-refractivity contribution in [1.82, 2.24) is 19.7 Å². The van der Waals surface area contributed by atoms with E-state index < -0.39 is 0 Å². The van der Waals surface area contributed by atoms with Crippen LogP contribution in [0, 0.1) is 0 Å². The van der Waals surface area contributed by atoms with Crippen molar-refractivity contribution < 1.29 is 0 Å². The Morgan fingerprint density at radius 2 is 1.85 bits per heavy atom. The summed E-state index contributed by atoms with van der Waals surface area (Å²) in [6, 6.07) is 13.4. The average Bonchev–Trinajstić information content (AvgIpc) is 2.98. The third-order valence-corrected chi connectivity index (χ3v) is 4.84. The number of nitrogens with zero attached hydrogens (tertiary/aromatic N) is 5. The first-order valence-electron chi connectivity index (χ1n) is 8.53. The zero-order valence-corrected chi connectivity index (χ0v) is 16.0. The Bertz CT molecular complexity index is 1130. The number of hydrazone groups is 1. The summed E-state index contributed by atoms with van der Waals surface area (Å²) in [5.74, 6) is 0.307. The number of para-hydroxylation sites is 1. The molecule has 2 aromatic heterocycles. The van der Waals surface area contributed by atoms with Crippen molar-refractivity contribution in [3.05, 3.63) is 58.1 Å². The molecule has 0 saturated carbocycles. The second-order valence-corrected chi connectivity index (χ2v) is 6.80. The standard InChI is InChI=1S/C19H16Cl2N6/c1-2-10-27-16-9-4-3-6-12(16)17-18(27)23-19(26-24-17)25-22-11-13-14(20)7-5-8-15(13)21/h3-9,11H,2,10H2,1H3,(H,23,25,26)/b22-11+. The third-order valence-electron chi connectivity index (χ3n) is 4.18. The van der Waals surface area contributed by atoms with Crippen molar-refractivity contribution >= 4 is 57.4 Å². The first-order chi connectivity index (χ1) is 13.2. The van der Waals surface area contributed by atoms with E-state index in [1.165, 1.54) is 0 Å². The largest absolute Gasteiger partial charge is 0.324 e. The molecule has 0 atom stereocenters. The van der Waals surface area contributed by atoms with Crippen molar-refractivity contribution in [2.24, 2.45) is 5.10 Å². The van der Waals surface area contributed by atoms with E-state index >= 15 is 0 Å². The molecule has 27 heavy (non-hydrogen) atoms. The van der Waals surface area contributed by atoms with E-state index in [9.17, 15) is 0 Å². The fourth-order valence-electron chi connectivity index (χ4n) is 2.99. The van der Waals surface area contributed by atoms with E-state index in [4.69, 9.17) is 23.2 Å². The van der Waals surface area contributed by atoms with Gasteiger partial charge in [0, 0.05) is 17.5 Å². The highest BCUT2D eigenvalue weighted by atomic mass is 35.5. The molecule has 0 aliphatic heterocycles. The Morgan fingerprint density at radius 3 is 2.63 bits per heavy atom. The van der Waals surface area contributed by atoms with Gasteiger partial charge >= 0.3 is 0 Å². The summed E-state index contributed by atoms with van der Waals surface area (Å²) < 4.78 is 2.15. The molecule has 2 aromatic carbocycles. The Balaban J connectivity index is 1.70. The first kappa shape index (κ1) is 17.7. The van der Waals surface area contributed by atoms with Gasteiger partial charge in [0.1, 0.15) is 5.52 Å². The molecule has 0 aliphatic rings. The lowest BCUT2D eigenvalue weighted by atomic mass is 10.2. The lowest BCUT2D eigenvalue weighted by Gasteiger charge is -2.04. The van der Waals surface area contributed by atoms with Gasteiger partial charge in [-0.3, -0.25) is 0 Å². The SMILES string of the molecule is CCCn1c2ccccc2c2nnc(N/N=C/c3c(Cl)cccc3Cl)nc21. The minimum Gasteiger partial charge on any atom is -0.324 e. The minimum atomic E-state index is 0.307. The molecule has 1 N–H and O–H groups in total. The number of fused-ring (bicyclic) bond motifs is 3. The number of aryl methyl sites for hydroxylation is 1. The van der Waals surface area contributed by atoms with Gasteiger partial charge in [0.2, 0.25) is 0 Å². The van der Waals surface area contributed by atoms with Gasteiger partial charge in [0.05, 0.1) is 21.8 Å². The maximum Gasteiger partial charge on any atom is 0.265 e. The van der Waals surface area contributed by atoms with Crippen molar-refractivity contribution in [3.63, 3.8) is 0 Å². The lowest BCUT2D eigenvalue weighted by Crippen LogP contribution is -2.03. The molecule has 8 heteroatoms. The number of anilines is 1. The van der Waals surface area contributed by atoms with E-state index in [2.05, 4.69) is 43.3 Å². The molecule has 136 valence electrons. The zero-order valence-electron chi connectivity index (χ0n) is 14.5. The molecule has 4 rings (SSSR count). The molecule has 0 radical (unpaired) electrons. The number of rotatable bonds is 5. The van der Waals surface area contributed by atoms with Crippen molar-refractivity contribution in [2.45, 2.75) is 19.9 Å². The van der Waals surface area contributed by atoms with Gasteiger partial charge in [-0.05, 0) is 24.6 Å². The van der Waals surface area contributed by atoms with Crippen LogP contribution in [0.2, 0.25) is 10.0 Å². The van der Waals surface area contributed by atoms with Crippen LogP contribution in [0.25, 0.3) is 22.1 Å². The summed E-state index contributed by atoms with van der Waals surface area (Å²) in [4.78, 5) is 4.61. The van der Waals surface area contributed by atoms with E-state index in [-0.39, 0.29) is 0 Å². The van der Waals surface area contributed by atoms with Crippen LogP contribution in [0.3, 0.4) is 0 Å². The van der Waals surface area contributed by atoms with Crippen LogP contribution in [0.5, 0.6) is 0 Å². The second kappa shape index (κ2) is 7.50. The number of benzene rings is 2. The smallest absolute Gasteiger partial charge is 0.265 e. The molecule has 4 aromatic rings. The van der Waals surface area contributed by atoms with Crippen molar-refractivity contribution in [2.75, 3.05) is 5.43 Å². The molecule has 0 spiro atoms. The number of nitrogens with one attached hydrogen (secondary N) is 1. The molecule has 0 saturated heterocycles.